The molecule has 0 atom stereocenters. The molecule has 0 heterocycles. The van der Waals surface area contributed by atoms with Gasteiger partial charge in [-0.1, -0.05) is 25.5 Å². The summed E-state index contributed by atoms with van der Waals surface area (Å²) in [4.78, 5) is 0. The van der Waals surface area contributed by atoms with Gasteiger partial charge in [0.05, 0.1) is 5.25 Å². The Morgan fingerprint density at radius 2 is 1.71 bits per heavy atom. The van der Waals surface area contributed by atoms with Crippen molar-refractivity contribution in [1.29, 1.82) is 0 Å². The van der Waals surface area contributed by atoms with Crippen molar-refractivity contribution < 1.29 is 8.42 Å². The second-order valence-corrected chi connectivity index (χ2v) is 9.53. The van der Waals surface area contributed by atoms with Crippen LogP contribution in [0, 0.1) is 5.92 Å². The van der Waals surface area contributed by atoms with Gasteiger partial charge in [-0.3, -0.25) is 0 Å². The Hall–Kier alpha value is -1.07. The molecule has 2 N–H and O–H groups in total. The number of sulfonamides is 1. The molecular weight excluding hydrogens is 320 g/mol. The molecule has 0 unspecified atom stereocenters. The number of aryl methyl sites for hydroxylation is 1. The van der Waals surface area contributed by atoms with Crippen LogP contribution in [0.25, 0.3) is 0 Å². The van der Waals surface area contributed by atoms with Gasteiger partial charge in [-0.2, -0.15) is 0 Å². The molecule has 136 valence electrons. The van der Waals surface area contributed by atoms with Crippen molar-refractivity contribution in [3.05, 3.63) is 29.8 Å². The van der Waals surface area contributed by atoms with Crippen LogP contribution in [0.4, 0.5) is 5.69 Å². The van der Waals surface area contributed by atoms with Gasteiger partial charge in [0.25, 0.3) is 0 Å². The minimum atomic E-state index is -3.15. The highest BCUT2D eigenvalue weighted by atomic mass is 32.2. The van der Waals surface area contributed by atoms with Crippen molar-refractivity contribution in [1.82, 2.24) is 4.72 Å². The van der Waals surface area contributed by atoms with Crippen LogP contribution in [0.15, 0.2) is 24.3 Å². The topological polar surface area (TPSA) is 58.2 Å². The minimum absolute atomic E-state index is 0.113. The molecule has 0 aromatic heterocycles. The van der Waals surface area contributed by atoms with Gasteiger partial charge in [-0.05, 0) is 69.6 Å². The van der Waals surface area contributed by atoms with Crippen LogP contribution in [0.5, 0.6) is 0 Å². The molecule has 1 fully saturated rings. The van der Waals surface area contributed by atoms with Crippen LogP contribution in [-0.2, 0) is 16.4 Å². The fraction of sp³-hybridized carbons (Fsp3) is 0.684. The molecule has 0 bridgehead atoms. The van der Waals surface area contributed by atoms with E-state index in [0.717, 1.165) is 38.6 Å². The molecule has 1 aromatic rings. The second-order valence-electron chi connectivity index (χ2n) is 7.26. The summed E-state index contributed by atoms with van der Waals surface area (Å²) >= 11 is 0. The van der Waals surface area contributed by atoms with Gasteiger partial charge in [0.1, 0.15) is 0 Å². The van der Waals surface area contributed by atoms with Gasteiger partial charge in [-0.15, -0.1) is 0 Å². The van der Waals surface area contributed by atoms with E-state index in [1.807, 2.05) is 0 Å². The van der Waals surface area contributed by atoms with Crippen molar-refractivity contribution in [2.24, 2.45) is 5.92 Å². The third kappa shape index (κ3) is 5.78. The summed E-state index contributed by atoms with van der Waals surface area (Å²) in [6, 6.07) is 8.83. The molecule has 4 nitrogen and oxygen atoms in total. The first-order valence-corrected chi connectivity index (χ1v) is 10.8. The molecule has 0 amide bonds. The normalized spacial score (nSPS) is 21.8. The summed E-state index contributed by atoms with van der Waals surface area (Å²) in [6.07, 6.45) is 6.34. The largest absolute Gasteiger partial charge is 0.385 e. The van der Waals surface area contributed by atoms with E-state index in [1.54, 1.807) is 13.8 Å². The summed E-state index contributed by atoms with van der Waals surface area (Å²) in [5.74, 6) is 0.625. The zero-order chi connectivity index (χ0) is 17.6. The number of hydrogen-bond acceptors (Lipinski definition) is 3. The Morgan fingerprint density at radius 1 is 1.08 bits per heavy atom. The maximum absolute atomic E-state index is 11.9. The Bertz CT molecular complexity index is 588. The van der Waals surface area contributed by atoms with Gasteiger partial charge >= 0.3 is 0 Å². The van der Waals surface area contributed by atoms with E-state index in [1.165, 1.54) is 17.7 Å². The van der Waals surface area contributed by atoms with Crippen LogP contribution in [0.2, 0.25) is 0 Å². The lowest BCUT2D eigenvalue weighted by atomic mass is 9.86. The summed E-state index contributed by atoms with van der Waals surface area (Å²) in [6.45, 7) is 6.62. The average Bonchev–Trinajstić information content (AvgIpc) is 2.55. The standard InChI is InChI=1S/C19H32N2O2S/c1-4-5-16-6-10-18(11-7-16)20-14-17-8-12-19(13-9-17)21-24(22,23)15(2)3/h6-7,10-11,15,17,19-21H,4-5,8-9,12-14H2,1-3H3. The van der Waals surface area contributed by atoms with Crippen molar-refractivity contribution in [2.75, 3.05) is 11.9 Å². The van der Waals surface area contributed by atoms with E-state index in [9.17, 15) is 8.42 Å². The molecule has 24 heavy (non-hydrogen) atoms. The molecule has 1 aliphatic carbocycles. The number of nitrogens with one attached hydrogen (secondary N) is 2. The van der Waals surface area contributed by atoms with E-state index >= 15 is 0 Å². The first kappa shape index (κ1) is 19.3. The van der Waals surface area contributed by atoms with E-state index < -0.39 is 10.0 Å². The second kappa shape index (κ2) is 8.86. The fourth-order valence-electron chi connectivity index (χ4n) is 3.19. The lowest BCUT2D eigenvalue weighted by molar-refractivity contribution is 0.323. The first-order chi connectivity index (χ1) is 11.4. The quantitative estimate of drug-likeness (QED) is 0.745. The third-order valence-corrected chi connectivity index (χ3v) is 6.79. The van der Waals surface area contributed by atoms with Crippen LogP contribution >= 0.6 is 0 Å². The minimum Gasteiger partial charge on any atom is -0.385 e. The highest BCUT2D eigenvalue weighted by Gasteiger charge is 2.26. The molecule has 2 rings (SSSR count). The molecule has 1 saturated carbocycles. The lowest BCUT2D eigenvalue weighted by Gasteiger charge is -2.29. The zero-order valence-electron chi connectivity index (χ0n) is 15.2. The van der Waals surface area contributed by atoms with Crippen molar-refractivity contribution in [3.63, 3.8) is 0 Å². The van der Waals surface area contributed by atoms with E-state index in [2.05, 4.69) is 41.2 Å². The summed E-state index contributed by atoms with van der Waals surface area (Å²) < 4.78 is 26.7. The third-order valence-electron chi connectivity index (χ3n) is 4.89. The van der Waals surface area contributed by atoms with Gasteiger partial charge < -0.3 is 5.32 Å². The van der Waals surface area contributed by atoms with Gasteiger partial charge in [0, 0.05) is 18.3 Å². The summed E-state index contributed by atoms with van der Waals surface area (Å²) in [5, 5.41) is 3.17. The first-order valence-electron chi connectivity index (χ1n) is 9.24. The molecular formula is C19H32N2O2S. The van der Waals surface area contributed by atoms with Crippen LogP contribution < -0.4 is 10.0 Å². The maximum atomic E-state index is 11.9. The molecule has 5 heteroatoms. The monoisotopic (exact) mass is 352 g/mol. The molecule has 0 spiro atoms. The predicted molar refractivity (Wildman–Crippen MR) is 102 cm³/mol. The van der Waals surface area contributed by atoms with Gasteiger partial charge in [0.15, 0.2) is 0 Å². The van der Waals surface area contributed by atoms with Crippen LogP contribution in [-0.4, -0.2) is 26.3 Å². The Kier molecular flexibility index (Phi) is 7.11. The molecule has 1 aliphatic rings. The molecule has 1 aromatic carbocycles. The molecule has 0 saturated heterocycles. The van der Waals surface area contributed by atoms with E-state index in [4.69, 9.17) is 0 Å². The fourth-order valence-corrected chi connectivity index (χ4v) is 4.17. The molecule has 0 radical (unpaired) electrons. The number of hydrogen-bond donors (Lipinski definition) is 2. The van der Waals surface area contributed by atoms with E-state index in [0.29, 0.717) is 5.92 Å². The van der Waals surface area contributed by atoms with Crippen molar-refractivity contribution in [3.8, 4) is 0 Å². The summed E-state index contributed by atoms with van der Waals surface area (Å²) in [5.41, 5.74) is 2.57. The highest BCUT2D eigenvalue weighted by molar-refractivity contribution is 7.90. The Morgan fingerprint density at radius 3 is 2.25 bits per heavy atom. The van der Waals surface area contributed by atoms with Crippen LogP contribution in [0.1, 0.15) is 58.4 Å². The van der Waals surface area contributed by atoms with Crippen molar-refractivity contribution in [2.45, 2.75) is 70.6 Å². The number of benzene rings is 1. The SMILES string of the molecule is CCCc1ccc(NCC2CCC(NS(=O)(=O)C(C)C)CC2)cc1. The van der Waals surface area contributed by atoms with Gasteiger partial charge in [-0.25, -0.2) is 13.1 Å². The Labute approximate surface area is 147 Å². The average molecular weight is 353 g/mol. The van der Waals surface area contributed by atoms with E-state index in [-0.39, 0.29) is 11.3 Å². The predicted octanol–water partition coefficient (Wildman–Crippen LogP) is 3.94. The van der Waals surface area contributed by atoms with Gasteiger partial charge in [0.2, 0.25) is 10.0 Å². The number of rotatable bonds is 8. The number of anilines is 1. The van der Waals surface area contributed by atoms with Crippen LogP contribution in [0.3, 0.4) is 0 Å². The summed E-state index contributed by atoms with van der Waals surface area (Å²) in [7, 11) is -3.15. The smallest absolute Gasteiger partial charge is 0.214 e. The zero-order valence-corrected chi connectivity index (χ0v) is 16.0. The van der Waals surface area contributed by atoms with Crippen molar-refractivity contribution >= 4 is 15.7 Å². The molecule has 0 aliphatic heterocycles. The lowest BCUT2D eigenvalue weighted by Crippen LogP contribution is -2.41. The maximum Gasteiger partial charge on any atom is 0.214 e. The Balaban J connectivity index is 1.73. The highest BCUT2D eigenvalue weighted by Crippen LogP contribution is 2.25.